The molecule has 0 bridgehead atoms. The zero-order valence-electron chi connectivity index (χ0n) is 17.0. The van der Waals surface area contributed by atoms with Crippen molar-refractivity contribution in [1.82, 2.24) is 25.1 Å². The predicted octanol–water partition coefficient (Wildman–Crippen LogP) is 3.88. The molecule has 1 amide bonds. The van der Waals surface area contributed by atoms with Gasteiger partial charge in [0.25, 0.3) is 0 Å². The van der Waals surface area contributed by atoms with Gasteiger partial charge in [-0.25, -0.2) is 0 Å². The fourth-order valence-corrected chi connectivity index (χ4v) is 4.41. The topological polar surface area (TPSA) is 81.9 Å². The first-order valence-electron chi connectivity index (χ1n) is 10.3. The molecule has 1 aromatic carbocycles. The minimum absolute atomic E-state index is 0.0301. The third-order valence-electron chi connectivity index (χ3n) is 5.01. The Morgan fingerprint density at radius 1 is 1.20 bits per heavy atom. The highest BCUT2D eigenvalue weighted by Crippen LogP contribution is 2.32. The lowest BCUT2D eigenvalue weighted by Gasteiger charge is -2.15. The van der Waals surface area contributed by atoms with E-state index in [1.54, 1.807) is 12.4 Å². The molecule has 30 heavy (non-hydrogen) atoms. The summed E-state index contributed by atoms with van der Waals surface area (Å²) >= 11 is 1.38. The zero-order valence-corrected chi connectivity index (χ0v) is 17.8. The number of carbonyl (C=O) groups excluding carboxylic acids is 1. The van der Waals surface area contributed by atoms with Crippen molar-refractivity contribution in [3.05, 3.63) is 48.8 Å². The Kier molecular flexibility index (Phi) is 6.63. The van der Waals surface area contributed by atoms with Crippen molar-refractivity contribution < 1.29 is 9.53 Å². The fraction of sp³-hybridized carbons (Fsp3) is 0.364. The smallest absolute Gasteiger partial charge is 0.230 e. The molecule has 0 radical (unpaired) electrons. The maximum atomic E-state index is 12.4. The van der Waals surface area contributed by atoms with Crippen LogP contribution in [0, 0.1) is 0 Å². The van der Waals surface area contributed by atoms with E-state index in [0.29, 0.717) is 29.4 Å². The van der Waals surface area contributed by atoms with Gasteiger partial charge in [-0.05, 0) is 44.0 Å². The van der Waals surface area contributed by atoms with Gasteiger partial charge in [-0.15, -0.1) is 10.2 Å². The lowest BCUT2D eigenvalue weighted by molar-refractivity contribution is -0.119. The molecule has 0 unspecified atom stereocenters. The summed E-state index contributed by atoms with van der Waals surface area (Å²) in [6.07, 6.45) is 8.00. The molecule has 2 heterocycles. The largest absolute Gasteiger partial charge is 0.492 e. The van der Waals surface area contributed by atoms with E-state index in [0.717, 1.165) is 29.8 Å². The van der Waals surface area contributed by atoms with E-state index in [9.17, 15) is 4.79 Å². The van der Waals surface area contributed by atoms with Crippen LogP contribution in [0.25, 0.3) is 17.1 Å². The number of nitrogens with one attached hydrogen (secondary N) is 1. The summed E-state index contributed by atoms with van der Waals surface area (Å²) in [7, 11) is 0. The first-order chi connectivity index (χ1) is 14.8. The van der Waals surface area contributed by atoms with Gasteiger partial charge < -0.3 is 10.1 Å². The van der Waals surface area contributed by atoms with Crippen LogP contribution in [0.15, 0.2) is 53.9 Å². The van der Waals surface area contributed by atoms with Crippen LogP contribution >= 0.6 is 11.8 Å². The molecule has 3 aromatic rings. The lowest BCUT2D eigenvalue weighted by Crippen LogP contribution is -2.33. The number of carbonyl (C=O) groups is 1. The van der Waals surface area contributed by atoms with Gasteiger partial charge in [0.15, 0.2) is 11.0 Å². The van der Waals surface area contributed by atoms with Crippen LogP contribution < -0.4 is 10.1 Å². The second-order valence-corrected chi connectivity index (χ2v) is 8.06. The number of thioether (sulfide) groups is 1. The van der Waals surface area contributed by atoms with E-state index < -0.39 is 0 Å². The molecule has 1 aliphatic carbocycles. The molecule has 0 aliphatic heterocycles. The number of amides is 1. The number of benzene rings is 1. The molecule has 1 aliphatic rings. The zero-order chi connectivity index (χ0) is 20.8. The highest BCUT2D eigenvalue weighted by atomic mass is 32.2. The first-order valence-corrected chi connectivity index (χ1v) is 11.2. The average molecular weight is 424 g/mol. The molecule has 1 saturated carbocycles. The van der Waals surface area contributed by atoms with Crippen molar-refractivity contribution in [3.63, 3.8) is 0 Å². The van der Waals surface area contributed by atoms with Crippen molar-refractivity contribution in [2.24, 2.45) is 0 Å². The van der Waals surface area contributed by atoms with Gasteiger partial charge >= 0.3 is 0 Å². The molecule has 1 N–H and O–H groups in total. The molecule has 1 fully saturated rings. The molecular weight excluding hydrogens is 398 g/mol. The maximum Gasteiger partial charge on any atom is 0.230 e. The summed E-state index contributed by atoms with van der Waals surface area (Å²) in [6.45, 7) is 2.50. The molecular formula is C22H25N5O2S. The quantitative estimate of drug-likeness (QED) is 0.554. The Bertz CT molecular complexity index is 986. The molecule has 8 heteroatoms. The second-order valence-electron chi connectivity index (χ2n) is 7.12. The van der Waals surface area contributed by atoms with Crippen LogP contribution in [0.5, 0.6) is 5.75 Å². The van der Waals surface area contributed by atoms with E-state index in [2.05, 4.69) is 20.5 Å². The molecule has 0 saturated heterocycles. The number of hydrogen-bond donors (Lipinski definition) is 1. The highest BCUT2D eigenvalue weighted by molar-refractivity contribution is 7.99. The van der Waals surface area contributed by atoms with Crippen LogP contribution in [0.3, 0.4) is 0 Å². The summed E-state index contributed by atoms with van der Waals surface area (Å²) in [5.41, 5.74) is 1.68. The molecule has 7 nitrogen and oxygen atoms in total. The van der Waals surface area contributed by atoms with E-state index >= 15 is 0 Å². The molecule has 0 atom stereocenters. The number of pyridine rings is 1. The van der Waals surface area contributed by atoms with Crippen LogP contribution in [-0.4, -0.2) is 44.1 Å². The average Bonchev–Trinajstić information content (AvgIpc) is 3.43. The number of para-hydroxylation sites is 2. The lowest BCUT2D eigenvalue weighted by atomic mass is 10.2. The molecule has 0 spiro atoms. The third kappa shape index (κ3) is 4.64. The van der Waals surface area contributed by atoms with Gasteiger partial charge in [-0.1, -0.05) is 36.7 Å². The van der Waals surface area contributed by atoms with Crippen molar-refractivity contribution in [2.75, 3.05) is 12.4 Å². The minimum Gasteiger partial charge on any atom is -0.492 e. The van der Waals surface area contributed by atoms with Crippen LogP contribution in [0.2, 0.25) is 0 Å². The van der Waals surface area contributed by atoms with Crippen LogP contribution in [-0.2, 0) is 4.79 Å². The monoisotopic (exact) mass is 423 g/mol. The maximum absolute atomic E-state index is 12.4. The van der Waals surface area contributed by atoms with Crippen molar-refractivity contribution >= 4 is 17.7 Å². The molecule has 156 valence electrons. The Hall–Kier alpha value is -2.87. The number of rotatable bonds is 8. The summed E-state index contributed by atoms with van der Waals surface area (Å²) in [4.78, 5) is 16.7. The fourth-order valence-electron chi connectivity index (χ4n) is 3.65. The summed E-state index contributed by atoms with van der Waals surface area (Å²) in [5.74, 6) is 1.72. The van der Waals surface area contributed by atoms with E-state index in [-0.39, 0.29) is 5.91 Å². The van der Waals surface area contributed by atoms with E-state index in [1.807, 2.05) is 47.9 Å². The van der Waals surface area contributed by atoms with Crippen LogP contribution in [0.4, 0.5) is 0 Å². The van der Waals surface area contributed by atoms with Gasteiger partial charge in [-0.2, -0.15) is 0 Å². The van der Waals surface area contributed by atoms with Crippen molar-refractivity contribution in [1.29, 1.82) is 0 Å². The van der Waals surface area contributed by atoms with Gasteiger partial charge in [-0.3, -0.25) is 14.3 Å². The van der Waals surface area contributed by atoms with Crippen molar-refractivity contribution in [3.8, 4) is 22.8 Å². The van der Waals surface area contributed by atoms with Crippen molar-refractivity contribution in [2.45, 2.75) is 43.8 Å². The summed E-state index contributed by atoms with van der Waals surface area (Å²) < 4.78 is 7.78. The summed E-state index contributed by atoms with van der Waals surface area (Å²) in [5, 5.41) is 12.6. The number of aromatic nitrogens is 4. The van der Waals surface area contributed by atoms with Gasteiger partial charge in [0.2, 0.25) is 5.91 Å². The van der Waals surface area contributed by atoms with Gasteiger partial charge in [0.05, 0.1) is 18.0 Å². The number of ether oxygens (including phenoxy) is 1. The predicted molar refractivity (Wildman–Crippen MR) is 117 cm³/mol. The Balaban J connectivity index is 1.64. The molecule has 2 aromatic heterocycles. The highest BCUT2D eigenvalue weighted by Gasteiger charge is 2.21. The normalized spacial score (nSPS) is 14.0. The van der Waals surface area contributed by atoms with Crippen LogP contribution in [0.1, 0.15) is 32.6 Å². The Labute approximate surface area is 180 Å². The summed E-state index contributed by atoms with van der Waals surface area (Å²) in [6, 6.07) is 11.9. The number of nitrogens with zero attached hydrogens (tertiary/aromatic N) is 4. The van der Waals surface area contributed by atoms with E-state index in [1.165, 1.54) is 24.6 Å². The van der Waals surface area contributed by atoms with Gasteiger partial charge in [0.1, 0.15) is 5.75 Å². The first kappa shape index (κ1) is 20.4. The minimum atomic E-state index is 0.0301. The second kappa shape index (κ2) is 9.75. The third-order valence-corrected chi connectivity index (χ3v) is 5.94. The standard InChI is InChI=1S/C22H25N5O2S/c1-2-29-19-12-6-5-11-18(19)27-21(16-8-7-13-23-14-16)25-26-22(27)30-15-20(28)24-17-9-3-4-10-17/h5-8,11-14,17H,2-4,9-10,15H2,1H3,(H,24,28). The van der Waals surface area contributed by atoms with Gasteiger partial charge in [0, 0.05) is 24.0 Å². The number of hydrogen-bond acceptors (Lipinski definition) is 6. The Morgan fingerprint density at radius 2 is 2.03 bits per heavy atom. The van der Waals surface area contributed by atoms with E-state index in [4.69, 9.17) is 4.74 Å². The molecule has 4 rings (SSSR count). The Morgan fingerprint density at radius 3 is 2.80 bits per heavy atom. The SMILES string of the molecule is CCOc1ccccc1-n1c(SCC(=O)NC2CCCC2)nnc1-c1cccnc1.